The number of fused-ring (bicyclic) bond motifs is 1. The van der Waals surface area contributed by atoms with Gasteiger partial charge < -0.3 is 4.74 Å². The molecule has 0 aliphatic carbocycles. The zero-order valence-electron chi connectivity index (χ0n) is 16.4. The van der Waals surface area contributed by atoms with E-state index >= 15 is 0 Å². The smallest absolute Gasteiger partial charge is 0.431 e. The lowest BCUT2D eigenvalue weighted by Crippen LogP contribution is -2.40. The second-order valence-corrected chi connectivity index (χ2v) is 7.55. The number of hydrogen-bond acceptors (Lipinski definition) is 6. The summed E-state index contributed by atoms with van der Waals surface area (Å²) >= 11 is 1.17. The van der Waals surface area contributed by atoms with Crippen molar-refractivity contribution in [3.63, 3.8) is 0 Å². The van der Waals surface area contributed by atoms with E-state index in [1.165, 1.54) is 23.7 Å². The van der Waals surface area contributed by atoms with Gasteiger partial charge in [-0.25, -0.2) is 9.36 Å². The molecule has 32 heavy (non-hydrogen) atoms. The van der Waals surface area contributed by atoms with Crippen LogP contribution in [0.4, 0.5) is 13.2 Å². The number of alkyl halides is 3. The number of benzene rings is 2. The third-order valence-corrected chi connectivity index (χ3v) is 5.63. The van der Waals surface area contributed by atoms with Gasteiger partial charge in [0.05, 0.1) is 21.6 Å². The first kappa shape index (κ1) is 21.3. The summed E-state index contributed by atoms with van der Waals surface area (Å²) < 4.78 is 51.1. The Bertz CT molecular complexity index is 1500. The summed E-state index contributed by atoms with van der Waals surface area (Å²) in [7, 11) is 0.956. The van der Waals surface area contributed by atoms with E-state index in [1.54, 1.807) is 30.3 Å². The first-order chi connectivity index (χ1) is 15.2. The predicted molar refractivity (Wildman–Crippen MR) is 111 cm³/mol. The summed E-state index contributed by atoms with van der Waals surface area (Å²) in [6, 6.07) is 13.7. The van der Waals surface area contributed by atoms with E-state index in [2.05, 4.69) is 4.37 Å². The van der Waals surface area contributed by atoms with Crippen LogP contribution in [0.3, 0.4) is 0 Å². The molecule has 4 aromatic rings. The van der Waals surface area contributed by atoms with E-state index in [0.29, 0.717) is 37.6 Å². The molecule has 0 spiro atoms. The van der Waals surface area contributed by atoms with Crippen molar-refractivity contribution in [1.82, 2.24) is 13.5 Å². The molecule has 0 saturated heterocycles. The minimum atomic E-state index is -4.84. The molecular weight excluding hydrogens is 445 g/mol. The number of ether oxygens (including phenoxy) is 1. The number of nitriles is 1. The van der Waals surface area contributed by atoms with Gasteiger partial charge in [-0.15, -0.1) is 0 Å². The molecule has 2 heterocycles. The number of aromatic nitrogens is 3. The van der Waals surface area contributed by atoms with Gasteiger partial charge in [-0.1, -0.05) is 12.1 Å². The van der Waals surface area contributed by atoms with Gasteiger partial charge in [0.1, 0.15) is 24.1 Å². The molecule has 11 heteroatoms. The Morgan fingerprint density at radius 2 is 1.91 bits per heavy atom. The maximum Gasteiger partial charge on any atom is 0.431 e. The van der Waals surface area contributed by atoms with Crippen LogP contribution in [0.15, 0.2) is 58.1 Å². The highest BCUT2D eigenvalue weighted by Crippen LogP contribution is 2.28. The lowest BCUT2D eigenvalue weighted by molar-refractivity contribution is -0.144. The number of rotatable bonds is 4. The number of nitrogens with zero attached hydrogens (tertiary/aromatic N) is 4. The van der Waals surface area contributed by atoms with Crippen molar-refractivity contribution in [2.45, 2.75) is 12.8 Å². The first-order valence-electron chi connectivity index (χ1n) is 9.11. The molecule has 162 valence electrons. The SMILES string of the molecule is Cn1c(C(F)(F)F)cc(=O)n(-c2ccc3snc(COc4ccccc4C#N)c3c2)c1=O. The fourth-order valence-electron chi connectivity index (χ4n) is 3.19. The molecule has 0 fully saturated rings. The summed E-state index contributed by atoms with van der Waals surface area (Å²) in [6.45, 7) is 0.0159. The topological polar surface area (TPSA) is 89.9 Å². The Balaban J connectivity index is 1.76. The molecule has 4 rings (SSSR count). The summed E-state index contributed by atoms with van der Waals surface area (Å²) in [6.07, 6.45) is -4.84. The van der Waals surface area contributed by atoms with Crippen molar-refractivity contribution in [1.29, 1.82) is 5.26 Å². The number of hydrogen-bond donors (Lipinski definition) is 0. The summed E-state index contributed by atoms with van der Waals surface area (Å²) in [4.78, 5) is 24.9. The van der Waals surface area contributed by atoms with Crippen molar-refractivity contribution in [3.8, 4) is 17.5 Å². The highest BCUT2D eigenvalue weighted by Gasteiger charge is 2.35. The van der Waals surface area contributed by atoms with Crippen LogP contribution in [0.25, 0.3) is 15.8 Å². The minimum Gasteiger partial charge on any atom is -0.486 e. The fraction of sp³-hybridized carbons (Fsp3) is 0.143. The van der Waals surface area contributed by atoms with Crippen LogP contribution >= 0.6 is 11.5 Å². The molecule has 0 aliphatic rings. The molecule has 0 radical (unpaired) electrons. The van der Waals surface area contributed by atoms with Crippen LogP contribution in [-0.2, 0) is 19.8 Å². The van der Waals surface area contributed by atoms with Gasteiger partial charge in [-0.3, -0.25) is 9.36 Å². The molecule has 0 N–H and O–H groups in total. The lowest BCUT2D eigenvalue weighted by atomic mass is 10.2. The molecule has 2 aromatic heterocycles. The standard InChI is InChI=1S/C21H13F3N4O3S/c1-27-18(21(22,23)24)9-19(29)28(20(27)30)13-6-7-17-14(8-13)15(26-32-17)11-31-16-5-3-2-4-12(16)10-25/h2-9H,11H2,1H3. The van der Waals surface area contributed by atoms with Crippen LogP contribution in [-0.4, -0.2) is 13.5 Å². The van der Waals surface area contributed by atoms with E-state index in [-0.39, 0.29) is 12.3 Å². The van der Waals surface area contributed by atoms with E-state index in [9.17, 15) is 28.0 Å². The zero-order chi connectivity index (χ0) is 23.0. The molecule has 0 unspecified atom stereocenters. The van der Waals surface area contributed by atoms with E-state index < -0.39 is 23.1 Å². The van der Waals surface area contributed by atoms with Crippen LogP contribution in [0.2, 0.25) is 0 Å². The van der Waals surface area contributed by atoms with Crippen molar-refractivity contribution < 1.29 is 17.9 Å². The highest BCUT2D eigenvalue weighted by atomic mass is 32.1. The Hall–Kier alpha value is -3.91. The van der Waals surface area contributed by atoms with Gasteiger partial charge >= 0.3 is 11.9 Å². The van der Waals surface area contributed by atoms with Crippen LogP contribution in [0, 0.1) is 11.3 Å². The van der Waals surface area contributed by atoms with Gasteiger partial charge in [0.2, 0.25) is 0 Å². The lowest BCUT2D eigenvalue weighted by Gasteiger charge is -2.14. The summed E-state index contributed by atoms with van der Waals surface area (Å²) in [5.41, 5.74) is -2.58. The molecule has 0 bridgehead atoms. The monoisotopic (exact) mass is 458 g/mol. The largest absolute Gasteiger partial charge is 0.486 e. The molecule has 0 amide bonds. The summed E-state index contributed by atoms with van der Waals surface area (Å²) in [5, 5.41) is 9.76. The van der Waals surface area contributed by atoms with Gasteiger partial charge in [-0.2, -0.15) is 22.8 Å². The Morgan fingerprint density at radius 1 is 1.16 bits per heavy atom. The zero-order valence-corrected chi connectivity index (χ0v) is 17.2. The molecule has 0 aliphatic heterocycles. The minimum absolute atomic E-state index is 0.0159. The molecular formula is C21H13F3N4O3S. The van der Waals surface area contributed by atoms with Crippen molar-refractivity contribution in [3.05, 3.63) is 86.3 Å². The quantitative estimate of drug-likeness (QED) is 0.466. The highest BCUT2D eigenvalue weighted by molar-refractivity contribution is 7.13. The second-order valence-electron chi connectivity index (χ2n) is 6.75. The molecule has 2 aromatic carbocycles. The number of halogens is 3. The van der Waals surface area contributed by atoms with Crippen molar-refractivity contribution in [2.24, 2.45) is 7.05 Å². The maximum absolute atomic E-state index is 13.1. The third-order valence-electron chi connectivity index (χ3n) is 4.77. The fourth-order valence-corrected chi connectivity index (χ4v) is 3.95. The Labute approximate surface area is 182 Å². The van der Waals surface area contributed by atoms with E-state index in [0.717, 1.165) is 11.7 Å². The van der Waals surface area contributed by atoms with E-state index in [4.69, 9.17) is 4.74 Å². The van der Waals surface area contributed by atoms with Gasteiger partial charge in [0.25, 0.3) is 5.56 Å². The van der Waals surface area contributed by atoms with E-state index in [1.807, 2.05) is 6.07 Å². The third kappa shape index (κ3) is 3.76. The average molecular weight is 458 g/mol. The maximum atomic E-state index is 13.1. The van der Waals surface area contributed by atoms with Crippen molar-refractivity contribution >= 4 is 21.6 Å². The molecule has 0 saturated carbocycles. The van der Waals surface area contributed by atoms with Crippen molar-refractivity contribution in [2.75, 3.05) is 0 Å². The normalized spacial score (nSPS) is 11.5. The second kappa shape index (κ2) is 7.97. The van der Waals surface area contributed by atoms with Crippen LogP contribution in [0.5, 0.6) is 5.75 Å². The van der Waals surface area contributed by atoms with Gasteiger partial charge in [0.15, 0.2) is 0 Å². The first-order valence-corrected chi connectivity index (χ1v) is 9.89. The van der Waals surface area contributed by atoms with Gasteiger partial charge in [0, 0.05) is 18.5 Å². The van der Waals surface area contributed by atoms with Gasteiger partial charge in [-0.05, 0) is 41.9 Å². The molecule has 0 atom stereocenters. The average Bonchev–Trinajstić information content (AvgIpc) is 3.16. The molecule has 7 nitrogen and oxygen atoms in total. The summed E-state index contributed by atoms with van der Waals surface area (Å²) in [5.74, 6) is 0.375. The Morgan fingerprint density at radius 3 is 2.62 bits per heavy atom. The Kier molecular flexibility index (Phi) is 5.31. The van der Waals surface area contributed by atoms with Crippen LogP contribution < -0.4 is 16.0 Å². The predicted octanol–water partition coefficient (Wildman–Crippen LogP) is 3.62. The number of para-hydroxylation sites is 1. The van der Waals surface area contributed by atoms with Crippen LogP contribution in [0.1, 0.15) is 17.0 Å².